The van der Waals surface area contributed by atoms with E-state index >= 15 is 0 Å². The van der Waals surface area contributed by atoms with Crippen LogP contribution in [0.2, 0.25) is 0 Å². The second kappa shape index (κ2) is 5.46. The molecule has 0 aliphatic heterocycles. The number of aromatic nitrogens is 1. The molecule has 0 spiro atoms. The van der Waals surface area contributed by atoms with Gasteiger partial charge in [-0.3, -0.25) is 0 Å². The lowest BCUT2D eigenvalue weighted by molar-refractivity contribution is 0.0690. The number of rotatable bonds is 5. The number of carboxylic acid groups (broad SMARTS) is 1. The van der Waals surface area contributed by atoms with Gasteiger partial charge in [-0.15, -0.1) is 0 Å². The van der Waals surface area contributed by atoms with Crippen molar-refractivity contribution in [3.05, 3.63) is 53.7 Å². The van der Waals surface area contributed by atoms with Gasteiger partial charge in [-0.05, 0) is 18.4 Å². The maximum atomic E-state index is 10.7. The van der Waals surface area contributed by atoms with Crippen molar-refractivity contribution in [1.82, 2.24) is 4.98 Å². The number of hydrogen-bond donors (Lipinski definition) is 2. The van der Waals surface area contributed by atoms with E-state index in [9.17, 15) is 4.79 Å². The standard InChI is InChI=1S/C13H14N2O3/c14-10(7-6-9-4-2-1-3-5-9)12-15-11(8-18-12)13(16)17/h1-5,8,10H,6-7,14H2,(H,16,17). The van der Waals surface area contributed by atoms with Gasteiger partial charge in [0.2, 0.25) is 5.89 Å². The molecule has 1 aromatic carbocycles. The predicted octanol–water partition coefficient (Wildman–Crippen LogP) is 2.01. The Kier molecular flexibility index (Phi) is 3.74. The smallest absolute Gasteiger partial charge is 0.357 e. The van der Waals surface area contributed by atoms with Gasteiger partial charge in [-0.25, -0.2) is 9.78 Å². The largest absolute Gasteiger partial charge is 0.476 e. The van der Waals surface area contributed by atoms with E-state index in [4.69, 9.17) is 15.3 Å². The molecule has 0 aliphatic rings. The number of benzene rings is 1. The first-order valence-electron chi connectivity index (χ1n) is 5.65. The van der Waals surface area contributed by atoms with Crippen molar-refractivity contribution in [1.29, 1.82) is 0 Å². The van der Waals surface area contributed by atoms with Crippen LogP contribution in [0.25, 0.3) is 0 Å². The maximum absolute atomic E-state index is 10.7. The lowest BCUT2D eigenvalue weighted by atomic mass is 10.1. The topological polar surface area (TPSA) is 89.3 Å². The van der Waals surface area contributed by atoms with Crippen LogP contribution in [0.4, 0.5) is 0 Å². The molecule has 18 heavy (non-hydrogen) atoms. The maximum Gasteiger partial charge on any atom is 0.357 e. The number of aromatic carboxylic acids is 1. The Morgan fingerprint density at radius 1 is 1.39 bits per heavy atom. The number of aryl methyl sites for hydroxylation is 1. The van der Waals surface area contributed by atoms with E-state index in [2.05, 4.69) is 4.98 Å². The summed E-state index contributed by atoms with van der Waals surface area (Å²) in [5, 5.41) is 8.72. The molecule has 0 saturated heterocycles. The summed E-state index contributed by atoms with van der Waals surface area (Å²) in [5.74, 6) is -0.844. The van der Waals surface area contributed by atoms with Crippen molar-refractivity contribution in [2.45, 2.75) is 18.9 Å². The lowest BCUT2D eigenvalue weighted by Gasteiger charge is -2.06. The molecule has 0 amide bonds. The van der Waals surface area contributed by atoms with E-state index in [1.807, 2.05) is 30.3 Å². The van der Waals surface area contributed by atoms with Crippen LogP contribution >= 0.6 is 0 Å². The summed E-state index contributed by atoms with van der Waals surface area (Å²) in [4.78, 5) is 14.5. The predicted molar refractivity (Wildman–Crippen MR) is 65.2 cm³/mol. The highest BCUT2D eigenvalue weighted by molar-refractivity contribution is 5.84. The number of nitrogens with two attached hydrogens (primary N) is 1. The van der Waals surface area contributed by atoms with Crippen molar-refractivity contribution in [2.75, 3.05) is 0 Å². The van der Waals surface area contributed by atoms with Crippen LogP contribution in [0, 0.1) is 0 Å². The SMILES string of the molecule is NC(CCc1ccccc1)c1nc(C(=O)O)co1. The summed E-state index contributed by atoms with van der Waals surface area (Å²) in [6, 6.07) is 9.54. The highest BCUT2D eigenvalue weighted by Gasteiger charge is 2.16. The van der Waals surface area contributed by atoms with Crippen molar-refractivity contribution in [3.63, 3.8) is 0 Å². The van der Waals surface area contributed by atoms with E-state index in [-0.39, 0.29) is 11.6 Å². The van der Waals surface area contributed by atoms with Crippen LogP contribution in [-0.4, -0.2) is 16.1 Å². The third kappa shape index (κ3) is 2.95. The molecule has 1 atom stereocenters. The molecule has 5 nitrogen and oxygen atoms in total. The van der Waals surface area contributed by atoms with Gasteiger partial charge in [0.25, 0.3) is 0 Å². The van der Waals surface area contributed by atoms with E-state index in [1.165, 1.54) is 5.56 Å². The summed E-state index contributed by atoms with van der Waals surface area (Å²) in [5.41, 5.74) is 6.97. The first kappa shape index (κ1) is 12.3. The summed E-state index contributed by atoms with van der Waals surface area (Å²) in [6.07, 6.45) is 2.57. The average molecular weight is 246 g/mol. The monoisotopic (exact) mass is 246 g/mol. The van der Waals surface area contributed by atoms with Gasteiger partial charge >= 0.3 is 5.97 Å². The van der Waals surface area contributed by atoms with Crippen LogP contribution < -0.4 is 5.73 Å². The zero-order chi connectivity index (χ0) is 13.0. The summed E-state index contributed by atoms with van der Waals surface area (Å²) in [7, 11) is 0. The fraction of sp³-hybridized carbons (Fsp3) is 0.231. The molecule has 0 fully saturated rings. The first-order valence-corrected chi connectivity index (χ1v) is 5.65. The van der Waals surface area contributed by atoms with Gasteiger partial charge < -0.3 is 15.3 Å². The fourth-order valence-electron chi connectivity index (χ4n) is 1.65. The van der Waals surface area contributed by atoms with Gasteiger partial charge in [-0.1, -0.05) is 30.3 Å². The summed E-state index contributed by atoms with van der Waals surface area (Å²) < 4.78 is 5.06. The Morgan fingerprint density at radius 3 is 2.72 bits per heavy atom. The number of hydrogen-bond acceptors (Lipinski definition) is 4. The minimum atomic E-state index is -1.11. The van der Waals surface area contributed by atoms with Crippen molar-refractivity contribution >= 4 is 5.97 Å². The zero-order valence-electron chi connectivity index (χ0n) is 9.74. The van der Waals surface area contributed by atoms with Crippen LogP contribution in [0.3, 0.4) is 0 Å². The van der Waals surface area contributed by atoms with E-state index in [1.54, 1.807) is 0 Å². The number of oxazole rings is 1. The van der Waals surface area contributed by atoms with E-state index in [0.717, 1.165) is 12.7 Å². The van der Waals surface area contributed by atoms with E-state index in [0.29, 0.717) is 6.42 Å². The van der Waals surface area contributed by atoms with E-state index < -0.39 is 12.0 Å². The Balaban J connectivity index is 1.95. The summed E-state index contributed by atoms with van der Waals surface area (Å²) in [6.45, 7) is 0. The van der Waals surface area contributed by atoms with Crippen LogP contribution in [0.15, 0.2) is 41.0 Å². The normalized spacial score (nSPS) is 12.3. The molecule has 1 unspecified atom stereocenters. The van der Waals surface area contributed by atoms with Crippen LogP contribution in [0.5, 0.6) is 0 Å². The van der Waals surface area contributed by atoms with Crippen molar-refractivity contribution in [2.24, 2.45) is 5.73 Å². The van der Waals surface area contributed by atoms with Gasteiger partial charge in [0.05, 0.1) is 6.04 Å². The Morgan fingerprint density at radius 2 is 2.11 bits per heavy atom. The Hall–Kier alpha value is -2.14. The molecule has 2 rings (SSSR count). The Bertz CT molecular complexity index is 522. The van der Waals surface area contributed by atoms with Crippen LogP contribution in [-0.2, 0) is 6.42 Å². The molecule has 1 aromatic heterocycles. The quantitative estimate of drug-likeness (QED) is 0.842. The molecule has 0 aliphatic carbocycles. The molecular formula is C13H14N2O3. The molecule has 0 saturated carbocycles. The first-order chi connectivity index (χ1) is 8.66. The molecule has 94 valence electrons. The van der Waals surface area contributed by atoms with Crippen molar-refractivity contribution in [3.8, 4) is 0 Å². The molecule has 2 aromatic rings. The van der Waals surface area contributed by atoms with Crippen molar-refractivity contribution < 1.29 is 14.3 Å². The average Bonchev–Trinajstić information content (AvgIpc) is 2.87. The highest BCUT2D eigenvalue weighted by Crippen LogP contribution is 2.16. The number of carboxylic acids is 1. The van der Waals surface area contributed by atoms with Gasteiger partial charge in [-0.2, -0.15) is 0 Å². The second-order valence-electron chi connectivity index (χ2n) is 4.01. The molecule has 5 heteroatoms. The van der Waals surface area contributed by atoms with Crippen LogP contribution in [0.1, 0.15) is 34.4 Å². The van der Waals surface area contributed by atoms with Gasteiger partial charge in [0.15, 0.2) is 5.69 Å². The summed E-state index contributed by atoms with van der Waals surface area (Å²) >= 11 is 0. The van der Waals surface area contributed by atoms with Gasteiger partial charge in [0.1, 0.15) is 6.26 Å². The molecular weight excluding hydrogens is 232 g/mol. The highest BCUT2D eigenvalue weighted by atomic mass is 16.4. The molecule has 1 heterocycles. The van der Waals surface area contributed by atoms with Gasteiger partial charge in [0, 0.05) is 0 Å². The zero-order valence-corrected chi connectivity index (χ0v) is 9.74. The molecule has 3 N–H and O–H groups in total. The second-order valence-corrected chi connectivity index (χ2v) is 4.01. The number of carbonyl (C=O) groups is 1. The third-order valence-electron chi connectivity index (χ3n) is 2.65. The lowest BCUT2D eigenvalue weighted by Crippen LogP contribution is -2.12. The molecule has 0 radical (unpaired) electrons. The minimum absolute atomic E-state index is 0.111. The third-order valence-corrected chi connectivity index (χ3v) is 2.65. The number of nitrogens with zero attached hydrogens (tertiary/aromatic N) is 1. The minimum Gasteiger partial charge on any atom is -0.476 e. The Labute approximate surface area is 104 Å². The molecule has 0 bridgehead atoms. The fourth-order valence-corrected chi connectivity index (χ4v) is 1.65.